The molecule has 1 fully saturated rings. The standard InChI is InChI=1S/C19H20N2O5S/c22-18(23)14-20(13-15-6-2-1-3-7-15)19(24)16-8-4-9-17(12-16)21-10-5-11-27(21,25)26/h1-4,6-9,12H,5,10-11,13-14H2,(H,22,23). The summed E-state index contributed by atoms with van der Waals surface area (Å²) in [5.74, 6) is -1.48. The van der Waals surface area contributed by atoms with Crippen molar-refractivity contribution in [3.05, 3.63) is 65.7 Å². The summed E-state index contributed by atoms with van der Waals surface area (Å²) in [6.07, 6.45) is 0.541. The number of amides is 1. The van der Waals surface area contributed by atoms with Crippen molar-refractivity contribution in [2.45, 2.75) is 13.0 Å². The van der Waals surface area contributed by atoms with E-state index in [0.717, 1.165) is 5.56 Å². The molecule has 1 aliphatic heterocycles. The number of carboxylic acid groups (broad SMARTS) is 1. The summed E-state index contributed by atoms with van der Waals surface area (Å²) in [4.78, 5) is 25.4. The van der Waals surface area contributed by atoms with Gasteiger partial charge in [0.05, 0.1) is 11.4 Å². The Balaban J connectivity index is 1.87. The van der Waals surface area contributed by atoms with Crippen molar-refractivity contribution in [3.8, 4) is 0 Å². The Kier molecular flexibility index (Phi) is 5.46. The number of carbonyl (C=O) groups excluding carboxylic acids is 1. The van der Waals surface area contributed by atoms with Gasteiger partial charge in [-0.1, -0.05) is 36.4 Å². The molecule has 2 aromatic rings. The van der Waals surface area contributed by atoms with Crippen molar-refractivity contribution in [2.75, 3.05) is 23.1 Å². The molecule has 142 valence electrons. The number of carbonyl (C=O) groups is 2. The maximum Gasteiger partial charge on any atom is 0.323 e. The molecule has 1 amide bonds. The molecule has 0 aromatic heterocycles. The lowest BCUT2D eigenvalue weighted by atomic mass is 10.1. The minimum Gasteiger partial charge on any atom is -0.480 e. The van der Waals surface area contributed by atoms with Gasteiger partial charge in [-0.2, -0.15) is 0 Å². The second-order valence-electron chi connectivity index (χ2n) is 6.33. The summed E-state index contributed by atoms with van der Waals surface area (Å²) >= 11 is 0. The van der Waals surface area contributed by atoms with Crippen LogP contribution in [0.2, 0.25) is 0 Å². The van der Waals surface area contributed by atoms with Crippen LogP contribution in [0.15, 0.2) is 54.6 Å². The molecule has 0 saturated carbocycles. The molecule has 8 heteroatoms. The summed E-state index contributed by atoms with van der Waals surface area (Å²) in [5, 5.41) is 9.17. The quantitative estimate of drug-likeness (QED) is 0.816. The third kappa shape index (κ3) is 4.46. The molecule has 0 atom stereocenters. The van der Waals surface area contributed by atoms with E-state index in [9.17, 15) is 23.1 Å². The third-order valence-corrected chi connectivity index (χ3v) is 6.18. The van der Waals surface area contributed by atoms with Crippen LogP contribution in [-0.4, -0.2) is 49.1 Å². The third-order valence-electron chi connectivity index (χ3n) is 4.31. The Morgan fingerprint density at radius 3 is 2.44 bits per heavy atom. The molecule has 7 nitrogen and oxygen atoms in total. The molecule has 1 saturated heterocycles. The summed E-state index contributed by atoms with van der Waals surface area (Å²) < 4.78 is 25.5. The van der Waals surface area contributed by atoms with Gasteiger partial charge in [-0.25, -0.2) is 8.42 Å². The first-order chi connectivity index (χ1) is 12.9. The molecule has 2 aromatic carbocycles. The average Bonchev–Trinajstić information content (AvgIpc) is 3.00. The molecule has 1 heterocycles. The Labute approximate surface area is 157 Å². The fourth-order valence-corrected chi connectivity index (χ4v) is 4.63. The van der Waals surface area contributed by atoms with Crippen molar-refractivity contribution < 1.29 is 23.1 Å². The molecule has 27 heavy (non-hydrogen) atoms. The molecular weight excluding hydrogens is 368 g/mol. The van der Waals surface area contributed by atoms with Crippen LogP contribution in [-0.2, 0) is 21.4 Å². The largest absolute Gasteiger partial charge is 0.480 e. The Hall–Kier alpha value is -2.87. The fraction of sp³-hybridized carbons (Fsp3) is 0.263. The maximum atomic E-state index is 12.9. The van der Waals surface area contributed by atoms with Crippen molar-refractivity contribution in [1.82, 2.24) is 4.90 Å². The first-order valence-electron chi connectivity index (χ1n) is 8.52. The van der Waals surface area contributed by atoms with Crippen LogP contribution < -0.4 is 4.31 Å². The van der Waals surface area contributed by atoms with Gasteiger partial charge < -0.3 is 10.0 Å². The zero-order valence-corrected chi connectivity index (χ0v) is 15.4. The molecular formula is C19H20N2O5S. The van der Waals surface area contributed by atoms with Crippen LogP contribution in [0.25, 0.3) is 0 Å². The molecule has 0 bridgehead atoms. The van der Waals surface area contributed by atoms with Crippen molar-refractivity contribution >= 4 is 27.6 Å². The zero-order valence-electron chi connectivity index (χ0n) is 14.6. The number of carboxylic acids is 1. The monoisotopic (exact) mass is 388 g/mol. The van der Waals surface area contributed by atoms with E-state index in [-0.39, 0.29) is 17.9 Å². The molecule has 1 N–H and O–H groups in total. The van der Waals surface area contributed by atoms with Gasteiger partial charge in [-0.15, -0.1) is 0 Å². The summed E-state index contributed by atoms with van der Waals surface area (Å²) in [7, 11) is -3.36. The van der Waals surface area contributed by atoms with E-state index in [1.165, 1.54) is 15.3 Å². The van der Waals surface area contributed by atoms with Gasteiger partial charge in [-0.05, 0) is 30.2 Å². The van der Waals surface area contributed by atoms with Gasteiger partial charge in [0, 0.05) is 18.7 Å². The highest BCUT2D eigenvalue weighted by Gasteiger charge is 2.29. The van der Waals surface area contributed by atoms with Gasteiger partial charge >= 0.3 is 5.97 Å². The first-order valence-corrected chi connectivity index (χ1v) is 10.1. The number of nitrogens with zero attached hydrogens (tertiary/aromatic N) is 2. The normalized spacial score (nSPS) is 15.5. The molecule has 0 spiro atoms. The van der Waals surface area contributed by atoms with Gasteiger partial charge in [0.2, 0.25) is 10.0 Å². The molecule has 3 rings (SSSR count). The van der Waals surface area contributed by atoms with E-state index in [1.54, 1.807) is 18.2 Å². The zero-order chi connectivity index (χ0) is 19.4. The topological polar surface area (TPSA) is 95.0 Å². The Morgan fingerprint density at radius 1 is 1.07 bits per heavy atom. The number of aliphatic carboxylic acids is 1. The second kappa shape index (κ2) is 7.79. The number of hydrogen-bond donors (Lipinski definition) is 1. The van der Waals surface area contributed by atoms with Crippen molar-refractivity contribution in [3.63, 3.8) is 0 Å². The first kappa shape index (κ1) is 18.9. The lowest BCUT2D eigenvalue weighted by molar-refractivity contribution is -0.137. The Bertz CT molecular complexity index is 944. The van der Waals surface area contributed by atoms with Crippen LogP contribution in [0.5, 0.6) is 0 Å². The van der Waals surface area contributed by atoms with Gasteiger partial charge in [0.25, 0.3) is 5.91 Å². The van der Waals surface area contributed by atoms with Crippen LogP contribution in [0.3, 0.4) is 0 Å². The molecule has 0 radical (unpaired) electrons. The Morgan fingerprint density at radius 2 is 1.81 bits per heavy atom. The van der Waals surface area contributed by atoms with Crippen molar-refractivity contribution in [2.24, 2.45) is 0 Å². The van der Waals surface area contributed by atoms with Crippen molar-refractivity contribution in [1.29, 1.82) is 0 Å². The summed E-state index contributed by atoms with van der Waals surface area (Å²) in [6.45, 7) is 0.0843. The summed E-state index contributed by atoms with van der Waals surface area (Å²) in [5.41, 5.74) is 1.49. The maximum absolute atomic E-state index is 12.9. The number of sulfonamides is 1. The van der Waals surface area contributed by atoms with E-state index in [1.807, 2.05) is 30.3 Å². The number of hydrogen-bond acceptors (Lipinski definition) is 4. The highest BCUT2D eigenvalue weighted by molar-refractivity contribution is 7.93. The number of anilines is 1. The van der Waals surface area contributed by atoms with Crippen LogP contribution in [0.1, 0.15) is 22.3 Å². The van der Waals surface area contributed by atoms with E-state index in [0.29, 0.717) is 18.7 Å². The van der Waals surface area contributed by atoms with Gasteiger partial charge in [-0.3, -0.25) is 13.9 Å². The number of rotatable bonds is 6. The van der Waals surface area contributed by atoms with Crippen LogP contribution >= 0.6 is 0 Å². The predicted molar refractivity (Wildman–Crippen MR) is 101 cm³/mol. The highest BCUT2D eigenvalue weighted by atomic mass is 32.2. The lowest BCUT2D eigenvalue weighted by Crippen LogP contribution is -2.35. The average molecular weight is 388 g/mol. The molecule has 0 unspecified atom stereocenters. The molecule has 1 aliphatic rings. The summed E-state index contributed by atoms with van der Waals surface area (Å²) in [6, 6.07) is 15.4. The van der Waals surface area contributed by atoms with Crippen LogP contribution in [0, 0.1) is 0 Å². The minimum absolute atomic E-state index is 0.0876. The van der Waals surface area contributed by atoms with E-state index in [2.05, 4.69) is 0 Å². The SMILES string of the molecule is O=C(O)CN(Cc1ccccc1)C(=O)c1cccc(N2CCCS2(=O)=O)c1. The minimum atomic E-state index is -3.36. The predicted octanol–water partition coefficient (Wildman–Crippen LogP) is 1.95. The second-order valence-corrected chi connectivity index (χ2v) is 8.35. The highest BCUT2D eigenvalue weighted by Crippen LogP contribution is 2.25. The molecule has 0 aliphatic carbocycles. The van der Waals surface area contributed by atoms with E-state index >= 15 is 0 Å². The lowest BCUT2D eigenvalue weighted by Gasteiger charge is -2.22. The van der Waals surface area contributed by atoms with Crippen LogP contribution in [0.4, 0.5) is 5.69 Å². The van der Waals surface area contributed by atoms with E-state index < -0.39 is 28.4 Å². The smallest absolute Gasteiger partial charge is 0.323 e. The fourth-order valence-electron chi connectivity index (χ4n) is 3.07. The van der Waals surface area contributed by atoms with Gasteiger partial charge in [0.15, 0.2) is 0 Å². The number of benzene rings is 2. The van der Waals surface area contributed by atoms with Gasteiger partial charge in [0.1, 0.15) is 6.54 Å². The van der Waals surface area contributed by atoms with E-state index in [4.69, 9.17) is 0 Å².